The number of nitrogens with one attached hydrogen (secondary N) is 2. The van der Waals surface area contributed by atoms with Gasteiger partial charge in [-0.25, -0.2) is 4.90 Å². The molecule has 0 spiro atoms. The van der Waals surface area contributed by atoms with Crippen LogP contribution in [0.15, 0.2) is 54.6 Å². The van der Waals surface area contributed by atoms with Crippen molar-refractivity contribution < 1.29 is 14.4 Å². The molecule has 0 atom stereocenters. The summed E-state index contributed by atoms with van der Waals surface area (Å²) in [7, 11) is 0. The number of nitrogens with zero attached hydrogens (tertiary/aromatic N) is 2. The Morgan fingerprint density at radius 1 is 1.00 bits per heavy atom. The first-order valence-corrected chi connectivity index (χ1v) is 7.96. The van der Waals surface area contributed by atoms with Gasteiger partial charge in [0.2, 0.25) is 0 Å². The highest BCUT2D eigenvalue weighted by Gasteiger charge is 2.36. The van der Waals surface area contributed by atoms with Crippen molar-refractivity contribution in [3.8, 4) is 0 Å². The van der Waals surface area contributed by atoms with Crippen molar-refractivity contribution in [2.45, 2.75) is 6.92 Å². The highest BCUT2D eigenvalue weighted by molar-refractivity contribution is 6.34. The smallest absolute Gasteiger partial charge is 0.276 e. The van der Waals surface area contributed by atoms with Crippen LogP contribution in [0.2, 0.25) is 0 Å². The summed E-state index contributed by atoms with van der Waals surface area (Å²) in [6.07, 6.45) is 0. The van der Waals surface area contributed by atoms with Gasteiger partial charge in [0.05, 0.1) is 16.8 Å². The van der Waals surface area contributed by atoms with Gasteiger partial charge in [-0.2, -0.15) is 5.10 Å². The van der Waals surface area contributed by atoms with E-state index in [1.54, 1.807) is 61.5 Å². The average Bonchev–Trinajstić information content (AvgIpc) is 3.18. The van der Waals surface area contributed by atoms with Gasteiger partial charge in [0.15, 0.2) is 5.69 Å². The molecule has 0 fully saturated rings. The largest absolute Gasteiger partial charge is 0.321 e. The fourth-order valence-electron chi connectivity index (χ4n) is 2.88. The number of aryl methyl sites for hydroxylation is 1. The lowest BCUT2D eigenvalue weighted by molar-refractivity contribution is 0.0925. The molecule has 128 valence electrons. The normalized spacial score (nSPS) is 13.0. The molecule has 2 N–H and O–H groups in total. The molecule has 0 saturated heterocycles. The van der Waals surface area contributed by atoms with Crippen LogP contribution < -0.4 is 10.2 Å². The Bertz CT molecular complexity index is 1020. The van der Waals surface area contributed by atoms with E-state index < -0.39 is 0 Å². The number of benzene rings is 2. The Hall–Kier alpha value is -3.74. The second-order valence-corrected chi connectivity index (χ2v) is 5.93. The van der Waals surface area contributed by atoms with Crippen molar-refractivity contribution in [3.63, 3.8) is 0 Å². The van der Waals surface area contributed by atoms with E-state index in [1.807, 2.05) is 0 Å². The Morgan fingerprint density at radius 2 is 1.69 bits per heavy atom. The van der Waals surface area contributed by atoms with Crippen molar-refractivity contribution in [2.24, 2.45) is 0 Å². The highest BCUT2D eigenvalue weighted by Crippen LogP contribution is 2.29. The minimum atomic E-state index is -0.381. The third kappa shape index (κ3) is 2.55. The third-order valence-corrected chi connectivity index (χ3v) is 4.09. The summed E-state index contributed by atoms with van der Waals surface area (Å²) in [6.45, 7) is 1.80. The van der Waals surface area contributed by atoms with E-state index in [0.717, 1.165) is 10.6 Å². The zero-order valence-electron chi connectivity index (χ0n) is 13.8. The number of aromatic amines is 1. The average molecular weight is 346 g/mol. The molecule has 7 heteroatoms. The van der Waals surface area contributed by atoms with Crippen LogP contribution in [0.25, 0.3) is 0 Å². The van der Waals surface area contributed by atoms with Crippen LogP contribution in [0.1, 0.15) is 36.9 Å². The maximum absolute atomic E-state index is 12.6. The summed E-state index contributed by atoms with van der Waals surface area (Å²) in [5, 5.41) is 9.33. The Kier molecular flexibility index (Phi) is 3.62. The monoisotopic (exact) mass is 346 g/mol. The number of hydrogen-bond donors (Lipinski definition) is 2. The molecule has 0 bridgehead atoms. The number of H-pyrrole nitrogens is 1. The summed E-state index contributed by atoms with van der Waals surface area (Å²) in [6, 6.07) is 14.9. The maximum atomic E-state index is 12.6. The van der Waals surface area contributed by atoms with Crippen molar-refractivity contribution in [3.05, 3.63) is 77.1 Å². The van der Waals surface area contributed by atoms with Crippen LogP contribution in [0.4, 0.5) is 11.4 Å². The van der Waals surface area contributed by atoms with Gasteiger partial charge < -0.3 is 5.32 Å². The second kappa shape index (κ2) is 5.96. The number of aromatic nitrogens is 2. The predicted molar refractivity (Wildman–Crippen MR) is 95.3 cm³/mol. The summed E-state index contributed by atoms with van der Waals surface area (Å²) >= 11 is 0. The molecule has 4 rings (SSSR count). The Labute approximate surface area is 148 Å². The maximum Gasteiger partial charge on any atom is 0.276 e. The first-order chi connectivity index (χ1) is 12.5. The van der Waals surface area contributed by atoms with E-state index in [0.29, 0.717) is 22.5 Å². The van der Waals surface area contributed by atoms with E-state index in [4.69, 9.17) is 0 Å². The van der Waals surface area contributed by atoms with Crippen LogP contribution in [0, 0.1) is 6.92 Å². The van der Waals surface area contributed by atoms with Gasteiger partial charge in [-0.15, -0.1) is 0 Å². The molecule has 2 heterocycles. The zero-order valence-corrected chi connectivity index (χ0v) is 13.8. The SMILES string of the molecule is Cc1cc(C(=O)Nc2cccc(N3C(=O)c4ccccc4C3=O)c2)n[nH]1. The van der Waals surface area contributed by atoms with E-state index in [9.17, 15) is 14.4 Å². The number of hydrogen-bond acceptors (Lipinski definition) is 4. The minimum Gasteiger partial charge on any atom is -0.321 e. The summed E-state index contributed by atoms with van der Waals surface area (Å²) in [4.78, 5) is 38.5. The number of carbonyl (C=O) groups excluding carboxylic acids is 3. The van der Waals surface area contributed by atoms with Gasteiger partial charge in [0.25, 0.3) is 17.7 Å². The van der Waals surface area contributed by atoms with Gasteiger partial charge in [-0.05, 0) is 43.3 Å². The molecule has 1 aromatic heterocycles. The first kappa shape index (κ1) is 15.8. The van der Waals surface area contributed by atoms with Gasteiger partial charge in [0.1, 0.15) is 0 Å². The van der Waals surface area contributed by atoms with Gasteiger partial charge in [-0.3, -0.25) is 19.5 Å². The van der Waals surface area contributed by atoms with Crippen LogP contribution in [0.5, 0.6) is 0 Å². The molecule has 0 saturated carbocycles. The first-order valence-electron chi connectivity index (χ1n) is 7.96. The lowest BCUT2D eigenvalue weighted by Gasteiger charge is -2.15. The predicted octanol–water partition coefficient (Wildman–Crippen LogP) is 2.77. The topological polar surface area (TPSA) is 95.2 Å². The standard InChI is InChI=1S/C19H14N4O3/c1-11-9-16(22-21-11)17(24)20-12-5-4-6-13(10-12)23-18(25)14-7-2-3-8-15(14)19(23)26/h2-10H,1H3,(H,20,24)(H,21,22). The molecule has 1 aliphatic rings. The van der Waals surface area contributed by atoms with Crippen molar-refractivity contribution in [2.75, 3.05) is 10.2 Å². The molecule has 1 aliphatic heterocycles. The van der Waals surface area contributed by atoms with Crippen molar-refractivity contribution >= 4 is 29.1 Å². The molecular formula is C19H14N4O3. The molecule has 7 nitrogen and oxygen atoms in total. The number of anilines is 2. The summed E-state index contributed by atoms with van der Waals surface area (Å²) in [5.74, 6) is -1.14. The summed E-state index contributed by atoms with van der Waals surface area (Å²) < 4.78 is 0. The van der Waals surface area contributed by atoms with Crippen LogP contribution in [-0.4, -0.2) is 27.9 Å². The minimum absolute atomic E-state index is 0.258. The molecule has 2 aromatic carbocycles. The molecule has 0 radical (unpaired) electrons. The quantitative estimate of drug-likeness (QED) is 0.713. The van der Waals surface area contributed by atoms with Crippen molar-refractivity contribution in [1.29, 1.82) is 0 Å². The number of imide groups is 1. The second-order valence-electron chi connectivity index (χ2n) is 5.93. The van der Waals surface area contributed by atoms with Crippen LogP contribution >= 0.6 is 0 Å². The molecule has 0 aliphatic carbocycles. The molecule has 26 heavy (non-hydrogen) atoms. The van der Waals surface area contributed by atoms with Crippen LogP contribution in [-0.2, 0) is 0 Å². The van der Waals surface area contributed by atoms with Gasteiger partial charge >= 0.3 is 0 Å². The number of amides is 3. The van der Waals surface area contributed by atoms with E-state index in [-0.39, 0.29) is 23.4 Å². The molecular weight excluding hydrogens is 332 g/mol. The number of rotatable bonds is 3. The van der Waals surface area contributed by atoms with Gasteiger partial charge in [0, 0.05) is 11.4 Å². The third-order valence-electron chi connectivity index (χ3n) is 4.09. The van der Waals surface area contributed by atoms with E-state index >= 15 is 0 Å². The molecule has 0 unspecified atom stereocenters. The fourth-order valence-corrected chi connectivity index (χ4v) is 2.88. The van der Waals surface area contributed by atoms with Crippen molar-refractivity contribution in [1.82, 2.24) is 10.2 Å². The summed E-state index contributed by atoms with van der Waals surface area (Å²) in [5.41, 5.74) is 2.64. The van der Waals surface area contributed by atoms with Gasteiger partial charge in [-0.1, -0.05) is 18.2 Å². The van der Waals surface area contributed by atoms with E-state index in [2.05, 4.69) is 15.5 Å². The number of fused-ring (bicyclic) bond motifs is 1. The van der Waals surface area contributed by atoms with E-state index in [1.165, 1.54) is 0 Å². The zero-order chi connectivity index (χ0) is 18.3. The Morgan fingerprint density at radius 3 is 2.31 bits per heavy atom. The fraction of sp³-hybridized carbons (Fsp3) is 0.0526. The lowest BCUT2D eigenvalue weighted by Crippen LogP contribution is -2.29. The molecule has 3 aromatic rings. The highest BCUT2D eigenvalue weighted by atomic mass is 16.2. The van der Waals surface area contributed by atoms with Crippen LogP contribution in [0.3, 0.4) is 0 Å². The Balaban J connectivity index is 1.62. The molecule has 3 amide bonds. The number of carbonyl (C=O) groups is 3. The lowest BCUT2D eigenvalue weighted by atomic mass is 10.1.